The molecule has 0 bridgehead atoms. The van der Waals surface area contributed by atoms with Gasteiger partial charge in [-0.05, 0) is 54.7 Å². The van der Waals surface area contributed by atoms with Gasteiger partial charge in [0.15, 0.2) is 0 Å². The third-order valence-electron chi connectivity index (χ3n) is 5.89. The lowest BCUT2D eigenvalue weighted by Crippen LogP contribution is -2.03. The Labute approximate surface area is 172 Å². The number of fused-ring (bicyclic) bond motifs is 1. The van der Waals surface area contributed by atoms with Gasteiger partial charge >= 0.3 is 0 Å². The van der Waals surface area contributed by atoms with Crippen LogP contribution in [0, 0.1) is 13.8 Å². The molecule has 1 atom stereocenters. The normalized spacial score (nSPS) is 15.0. The van der Waals surface area contributed by atoms with E-state index in [0.29, 0.717) is 11.8 Å². The summed E-state index contributed by atoms with van der Waals surface area (Å²) in [5, 5.41) is 3.57. The molecule has 1 aliphatic heterocycles. The van der Waals surface area contributed by atoms with Gasteiger partial charge in [0.1, 0.15) is 5.75 Å². The number of benzene rings is 2. The highest BCUT2D eigenvalue weighted by Gasteiger charge is 2.22. The van der Waals surface area contributed by atoms with Crippen LogP contribution in [-0.2, 0) is 6.54 Å². The molecule has 0 unspecified atom stereocenters. The van der Waals surface area contributed by atoms with Crippen molar-refractivity contribution in [3.05, 3.63) is 70.9 Å². The molecule has 4 nitrogen and oxygen atoms in total. The summed E-state index contributed by atoms with van der Waals surface area (Å²) in [5.41, 5.74) is 8.56. The molecule has 0 saturated carbocycles. The molecule has 0 amide bonds. The number of methoxy groups -OCH3 is 1. The Morgan fingerprint density at radius 2 is 2.00 bits per heavy atom. The van der Waals surface area contributed by atoms with E-state index in [4.69, 9.17) is 9.47 Å². The Balaban J connectivity index is 1.55. The molecule has 3 aromatic rings. The summed E-state index contributed by atoms with van der Waals surface area (Å²) in [6.45, 7) is 8.10. The number of ether oxygens (including phenoxy) is 2. The maximum atomic E-state index is 5.87. The summed E-state index contributed by atoms with van der Waals surface area (Å²) in [6.07, 6.45) is 3.00. The van der Waals surface area contributed by atoms with Gasteiger partial charge in [-0.25, -0.2) is 4.98 Å². The summed E-state index contributed by atoms with van der Waals surface area (Å²) < 4.78 is 11.1. The third kappa shape index (κ3) is 3.80. The predicted molar refractivity (Wildman–Crippen MR) is 118 cm³/mol. The molecule has 29 heavy (non-hydrogen) atoms. The van der Waals surface area contributed by atoms with Gasteiger partial charge in [0.05, 0.1) is 13.7 Å². The minimum absolute atomic E-state index is 0.527. The number of rotatable bonds is 6. The quantitative estimate of drug-likeness (QED) is 0.573. The zero-order chi connectivity index (χ0) is 20.4. The first-order valence-corrected chi connectivity index (χ1v) is 10.2. The van der Waals surface area contributed by atoms with E-state index < -0.39 is 0 Å². The minimum atomic E-state index is 0.527. The average Bonchev–Trinajstić information content (AvgIpc) is 3.16. The molecule has 0 radical (unpaired) electrons. The smallest absolute Gasteiger partial charge is 0.212 e. The van der Waals surface area contributed by atoms with Crippen molar-refractivity contribution in [3.8, 4) is 22.8 Å². The average molecular weight is 389 g/mol. The molecule has 2 heterocycles. The summed E-state index contributed by atoms with van der Waals surface area (Å²) in [6, 6.07) is 14.9. The van der Waals surface area contributed by atoms with Crippen LogP contribution in [0.1, 0.15) is 41.5 Å². The molecule has 1 aromatic heterocycles. The topological polar surface area (TPSA) is 43.4 Å². The van der Waals surface area contributed by atoms with Crippen molar-refractivity contribution < 1.29 is 9.47 Å². The second-order valence-electron chi connectivity index (χ2n) is 7.65. The maximum Gasteiger partial charge on any atom is 0.212 e. The number of anilines is 1. The van der Waals surface area contributed by atoms with Crippen LogP contribution >= 0.6 is 0 Å². The van der Waals surface area contributed by atoms with Gasteiger partial charge in [-0.15, -0.1) is 0 Å². The third-order valence-corrected chi connectivity index (χ3v) is 5.89. The van der Waals surface area contributed by atoms with Crippen LogP contribution in [0.25, 0.3) is 11.1 Å². The Hall–Kier alpha value is -3.01. The van der Waals surface area contributed by atoms with Crippen LogP contribution in [-0.4, -0.2) is 18.7 Å². The van der Waals surface area contributed by atoms with E-state index >= 15 is 0 Å². The van der Waals surface area contributed by atoms with Crippen LogP contribution in [0.4, 0.5) is 5.69 Å². The number of hydrogen-bond acceptors (Lipinski definition) is 4. The molecule has 0 saturated heterocycles. The highest BCUT2D eigenvalue weighted by atomic mass is 16.5. The van der Waals surface area contributed by atoms with E-state index in [-0.39, 0.29) is 0 Å². The fourth-order valence-electron chi connectivity index (χ4n) is 4.10. The first-order chi connectivity index (χ1) is 14.1. The van der Waals surface area contributed by atoms with E-state index in [9.17, 15) is 0 Å². The zero-order valence-corrected chi connectivity index (χ0v) is 17.6. The van der Waals surface area contributed by atoms with Crippen LogP contribution in [0.5, 0.6) is 11.6 Å². The van der Waals surface area contributed by atoms with Crippen molar-refractivity contribution in [3.63, 3.8) is 0 Å². The van der Waals surface area contributed by atoms with E-state index in [0.717, 1.165) is 36.6 Å². The fraction of sp³-hybridized carbons (Fsp3) is 0.320. The van der Waals surface area contributed by atoms with Gasteiger partial charge in [0, 0.05) is 47.6 Å². The van der Waals surface area contributed by atoms with Crippen LogP contribution in [0.15, 0.2) is 48.7 Å². The molecule has 0 spiro atoms. The van der Waals surface area contributed by atoms with Gasteiger partial charge in [-0.2, -0.15) is 0 Å². The molecular weight excluding hydrogens is 360 g/mol. The largest absolute Gasteiger partial charge is 0.493 e. The van der Waals surface area contributed by atoms with Gasteiger partial charge in [-0.3, -0.25) is 0 Å². The zero-order valence-electron chi connectivity index (χ0n) is 17.6. The van der Waals surface area contributed by atoms with Crippen molar-refractivity contribution in [2.24, 2.45) is 0 Å². The number of nitrogens with zero attached hydrogens (tertiary/aromatic N) is 1. The highest BCUT2D eigenvalue weighted by Crippen LogP contribution is 2.37. The molecule has 4 heteroatoms. The van der Waals surface area contributed by atoms with Crippen molar-refractivity contribution >= 4 is 5.69 Å². The SMILES string of the molecule is CC[C@@H]1COc2cc(NCc3ccc(C)c(-c4ccc(OC)nc4)c3C)ccc21. The van der Waals surface area contributed by atoms with Gasteiger partial charge in [0.25, 0.3) is 0 Å². The lowest BCUT2D eigenvalue weighted by atomic mass is 9.93. The molecule has 4 rings (SSSR count). The Morgan fingerprint density at radius 3 is 2.72 bits per heavy atom. The number of aryl methyl sites for hydroxylation is 1. The fourth-order valence-corrected chi connectivity index (χ4v) is 4.10. The molecule has 1 aliphatic rings. The predicted octanol–water partition coefficient (Wildman–Crippen LogP) is 5.87. The molecular formula is C25H28N2O2. The number of hydrogen-bond donors (Lipinski definition) is 1. The van der Waals surface area contributed by atoms with Crippen molar-refractivity contribution in [2.75, 3.05) is 19.0 Å². The van der Waals surface area contributed by atoms with Crippen LogP contribution in [0.2, 0.25) is 0 Å². The van der Waals surface area contributed by atoms with Crippen LogP contribution < -0.4 is 14.8 Å². The molecule has 2 aromatic carbocycles. The second kappa shape index (κ2) is 8.16. The lowest BCUT2D eigenvalue weighted by molar-refractivity contribution is 0.328. The molecule has 0 fully saturated rings. The standard InChI is InChI=1S/C25H28N2O2/c1-5-18-15-29-23-12-21(9-10-22(18)23)26-13-19-7-6-16(2)25(17(19)3)20-8-11-24(28-4)27-14-20/h6-12,14,18,26H,5,13,15H2,1-4H3/t18-/m1/s1. The first-order valence-electron chi connectivity index (χ1n) is 10.2. The summed E-state index contributed by atoms with van der Waals surface area (Å²) in [7, 11) is 1.64. The molecule has 0 aliphatic carbocycles. The van der Waals surface area contributed by atoms with Gasteiger partial charge in [-0.1, -0.05) is 25.1 Å². The van der Waals surface area contributed by atoms with Crippen molar-refractivity contribution in [1.29, 1.82) is 0 Å². The minimum Gasteiger partial charge on any atom is -0.493 e. The Bertz CT molecular complexity index is 1010. The molecule has 150 valence electrons. The summed E-state index contributed by atoms with van der Waals surface area (Å²) >= 11 is 0. The summed E-state index contributed by atoms with van der Waals surface area (Å²) in [5.74, 6) is 2.18. The maximum absolute atomic E-state index is 5.87. The lowest BCUT2D eigenvalue weighted by Gasteiger charge is -2.16. The van der Waals surface area contributed by atoms with E-state index in [1.54, 1.807) is 7.11 Å². The monoisotopic (exact) mass is 388 g/mol. The van der Waals surface area contributed by atoms with Gasteiger partial charge in [0.2, 0.25) is 5.88 Å². The summed E-state index contributed by atoms with van der Waals surface area (Å²) in [4.78, 5) is 4.37. The number of nitrogens with one attached hydrogen (secondary N) is 1. The van der Waals surface area contributed by atoms with Gasteiger partial charge < -0.3 is 14.8 Å². The number of aromatic nitrogens is 1. The molecule has 1 N–H and O–H groups in total. The first kappa shape index (κ1) is 19.3. The number of pyridine rings is 1. The van der Waals surface area contributed by atoms with E-state index in [2.05, 4.69) is 67.5 Å². The Kier molecular flexibility index (Phi) is 5.43. The second-order valence-corrected chi connectivity index (χ2v) is 7.65. The highest BCUT2D eigenvalue weighted by molar-refractivity contribution is 5.72. The van der Waals surface area contributed by atoms with Crippen molar-refractivity contribution in [2.45, 2.75) is 39.7 Å². The van der Waals surface area contributed by atoms with Crippen molar-refractivity contribution in [1.82, 2.24) is 4.98 Å². The van der Waals surface area contributed by atoms with E-state index in [1.807, 2.05) is 12.3 Å². The van der Waals surface area contributed by atoms with E-state index in [1.165, 1.54) is 27.8 Å². The van der Waals surface area contributed by atoms with Crippen LogP contribution in [0.3, 0.4) is 0 Å². The Morgan fingerprint density at radius 1 is 1.14 bits per heavy atom.